The van der Waals surface area contributed by atoms with E-state index in [4.69, 9.17) is 14.2 Å². The first-order valence-corrected chi connectivity index (χ1v) is 10.9. The van der Waals surface area contributed by atoms with E-state index in [1.54, 1.807) is 50.5 Å². The second kappa shape index (κ2) is 9.48. The third-order valence-electron chi connectivity index (χ3n) is 6.07. The highest BCUT2D eigenvalue weighted by atomic mass is 16.5. The molecule has 1 heterocycles. The van der Waals surface area contributed by atoms with Gasteiger partial charge in [0, 0.05) is 12.7 Å². The Balaban J connectivity index is 1.50. The van der Waals surface area contributed by atoms with E-state index in [1.165, 1.54) is 12.8 Å². The highest BCUT2D eigenvalue weighted by Crippen LogP contribution is 2.38. The third-order valence-corrected chi connectivity index (χ3v) is 6.07. The van der Waals surface area contributed by atoms with Gasteiger partial charge in [-0.05, 0) is 67.6 Å². The summed E-state index contributed by atoms with van der Waals surface area (Å²) in [4.78, 5) is 25.6. The molecular weight excluding hydrogens is 410 g/mol. The highest BCUT2D eigenvalue weighted by molar-refractivity contribution is 6.02. The van der Waals surface area contributed by atoms with Crippen molar-refractivity contribution >= 4 is 17.6 Å². The van der Waals surface area contributed by atoms with Gasteiger partial charge in [-0.1, -0.05) is 6.07 Å². The van der Waals surface area contributed by atoms with Crippen LogP contribution in [-0.4, -0.2) is 49.3 Å². The Labute approximate surface area is 188 Å². The van der Waals surface area contributed by atoms with Gasteiger partial charge in [0.2, 0.25) is 5.91 Å². The molecule has 32 heavy (non-hydrogen) atoms. The number of carbonyl (C=O) groups is 2. The zero-order valence-electron chi connectivity index (χ0n) is 18.7. The molecule has 2 aromatic rings. The average molecular weight is 440 g/mol. The van der Waals surface area contributed by atoms with E-state index < -0.39 is 6.03 Å². The monoisotopic (exact) mass is 439 g/mol. The number of rotatable bonds is 6. The van der Waals surface area contributed by atoms with Crippen molar-refractivity contribution in [1.29, 1.82) is 0 Å². The number of carbonyl (C=O) groups excluding carboxylic acids is 2. The number of amides is 3. The Hall–Kier alpha value is -3.26. The van der Waals surface area contributed by atoms with Crippen LogP contribution < -0.4 is 19.5 Å². The molecule has 1 aliphatic carbocycles. The van der Waals surface area contributed by atoms with Crippen molar-refractivity contribution in [3.63, 3.8) is 0 Å². The number of hydrazine groups is 1. The van der Waals surface area contributed by atoms with Crippen LogP contribution in [0.4, 0.5) is 10.5 Å². The summed E-state index contributed by atoms with van der Waals surface area (Å²) in [6, 6.07) is 11.9. The maximum atomic E-state index is 12.8. The molecule has 0 bridgehead atoms. The van der Waals surface area contributed by atoms with E-state index in [9.17, 15) is 9.59 Å². The summed E-state index contributed by atoms with van der Waals surface area (Å²) in [5, 5.41) is 5.59. The second-order valence-electron chi connectivity index (χ2n) is 8.09. The Morgan fingerprint density at radius 3 is 2.38 bits per heavy atom. The zero-order chi connectivity index (χ0) is 22.7. The van der Waals surface area contributed by atoms with Crippen molar-refractivity contribution < 1.29 is 23.8 Å². The number of nitrogens with one attached hydrogen (secondary N) is 1. The molecule has 2 aliphatic rings. The predicted molar refractivity (Wildman–Crippen MR) is 120 cm³/mol. The number of hydrogen-bond acceptors (Lipinski definition) is 6. The number of nitrogens with zero attached hydrogens (tertiary/aromatic N) is 2. The largest absolute Gasteiger partial charge is 0.497 e. The number of hydrogen-bond donors (Lipinski definition) is 1. The normalized spacial score (nSPS) is 19.3. The molecule has 1 saturated heterocycles. The Morgan fingerprint density at radius 2 is 1.72 bits per heavy atom. The van der Waals surface area contributed by atoms with Crippen LogP contribution in [0.1, 0.15) is 43.7 Å². The van der Waals surface area contributed by atoms with Crippen LogP contribution in [0, 0.1) is 0 Å². The lowest BCUT2D eigenvalue weighted by Crippen LogP contribution is -2.44. The Morgan fingerprint density at radius 1 is 1.00 bits per heavy atom. The topological polar surface area (TPSA) is 80.3 Å². The van der Waals surface area contributed by atoms with Crippen LogP contribution in [0.5, 0.6) is 17.2 Å². The lowest BCUT2D eigenvalue weighted by molar-refractivity contribution is -0.131. The van der Waals surface area contributed by atoms with Gasteiger partial charge in [-0.2, -0.15) is 5.01 Å². The fourth-order valence-corrected chi connectivity index (χ4v) is 4.32. The average Bonchev–Trinajstić information content (AvgIpc) is 3.41. The molecule has 4 rings (SSSR count). The minimum absolute atomic E-state index is 0.189. The molecule has 1 atom stereocenters. The van der Waals surface area contributed by atoms with Crippen LogP contribution in [0.3, 0.4) is 0 Å². The molecular formula is C24H29N3O5. The van der Waals surface area contributed by atoms with Gasteiger partial charge in [-0.25, -0.2) is 9.80 Å². The summed E-state index contributed by atoms with van der Waals surface area (Å²) in [5.74, 6) is 1.77. The lowest BCUT2D eigenvalue weighted by Gasteiger charge is -2.27. The van der Waals surface area contributed by atoms with E-state index in [0.29, 0.717) is 22.9 Å². The maximum Gasteiger partial charge on any atom is 0.343 e. The number of urea groups is 1. The molecule has 1 unspecified atom stereocenters. The summed E-state index contributed by atoms with van der Waals surface area (Å²) in [6.45, 7) is 0. The fraction of sp³-hybridized carbons (Fsp3) is 0.417. The zero-order valence-corrected chi connectivity index (χ0v) is 18.7. The van der Waals surface area contributed by atoms with E-state index in [1.807, 2.05) is 18.2 Å². The SMILES string of the molecule is COc1ccc(NC(=O)N2C(=O)CC(c3ccc(OC)c(OC4CCCC4)c3)N2C)cc1. The molecule has 2 fully saturated rings. The van der Waals surface area contributed by atoms with Gasteiger partial charge in [-0.15, -0.1) is 0 Å². The van der Waals surface area contributed by atoms with Crippen LogP contribution in [0.2, 0.25) is 0 Å². The van der Waals surface area contributed by atoms with Gasteiger partial charge in [0.15, 0.2) is 11.5 Å². The van der Waals surface area contributed by atoms with E-state index >= 15 is 0 Å². The van der Waals surface area contributed by atoms with Gasteiger partial charge in [0.1, 0.15) is 5.75 Å². The Kier molecular flexibility index (Phi) is 6.50. The summed E-state index contributed by atoms with van der Waals surface area (Å²) in [5.41, 5.74) is 1.48. The molecule has 8 nitrogen and oxygen atoms in total. The predicted octanol–water partition coefficient (Wildman–Crippen LogP) is 4.38. The van der Waals surface area contributed by atoms with Gasteiger partial charge in [0.05, 0.1) is 32.8 Å². The van der Waals surface area contributed by atoms with Gasteiger partial charge in [-0.3, -0.25) is 4.79 Å². The Bertz CT molecular complexity index is 972. The smallest absolute Gasteiger partial charge is 0.343 e. The van der Waals surface area contributed by atoms with E-state index in [2.05, 4.69) is 5.32 Å². The number of anilines is 1. The quantitative estimate of drug-likeness (QED) is 0.720. The van der Waals surface area contributed by atoms with Crippen molar-refractivity contribution in [2.75, 3.05) is 26.6 Å². The van der Waals surface area contributed by atoms with Crippen LogP contribution >= 0.6 is 0 Å². The molecule has 170 valence electrons. The standard InChI is InChI=1S/C24H29N3O5/c1-26-20(16-8-13-21(31-3)22(14-16)32-19-6-4-5-7-19)15-23(28)27(26)24(29)25-17-9-11-18(30-2)12-10-17/h8-14,19-20H,4-7,15H2,1-3H3,(H,25,29). The molecule has 3 amide bonds. The first-order valence-electron chi connectivity index (χ1n) is 10.9. The summed E-state index contributed by atoms with van der Waals surface area (Å²) < 4.78 is 16.8. The molecule has 0 radical (unpaired) electrons. The van der Waals surface area contributed by atoms with Crippen LogP contribution in [-0.2, 0) is 4.79 Å². The molecule has 8 heteroatoms. The molecule has 1 N–H and O–H groups in total. The van der Waals surface area contributed by atoms with Crippen molar-refractivity contribution in [1.82, 2.24) is 10.0 Å². The summed E-state index contributed by atoms with van der Waals surface area (Å²) >= 11 is 0. The summed E-state index contributed by atoms with van der Waals surface area (Å²) in [7, 11) is 4.94. The molecule has 1 saturated carbocycles. The van der Waals surface area contributed by atoms with Crippen LogP contribution in [0.25, 0.3) is 0 Å². The lowest BCUT2D eigenvalue weighted by atomic mass is 10.0. The molecule has 0 aromatic heterocycles. The van der Waals surface area contributed by atoms with E-state index in [-0.39, 0.29) is 24.5 Å². The van der Waals surface area contributed by atoms with Gasteiger partial charge < -0.3 is 19.5 Å². The van der Waals surface area contributed by atoms with Crippen molar-refractivity contribution in [2.45, 2.75) is 44.2 Å². The number of ether oxygens (including phenoxy) is 3. The number of benzene rings is 2. The highest BCUT2D eigenvalue weighted by Gasteiger charge is 2.40. The van der Waals surface area contributed by atoms with Gasteiger partial charge >= 0.3 is 6.03 Å². The first-order chi connectivity index (χ1) is 15.5. The van der Waals surface area contributed by atoms with Crippen molar-refractivity contribution in [2.24, 2.45) is 0 Å². The number of methoxy groups -OCH3 is 2. The summed E-state index contributed by atoms with van der Waals surface area (Å²) in [6.07, 6.45) is 4.80. The fourth-order valence-electron chi connectivity index (χ4n) is 4.32. The number of imide groups is 1. The van der Waals surface area contributed by atoms with Crippen molar-refractivity contribution in [3.05, 3.63) is 48.0 Å². The van der Waals surface area contributed by atoms with Crippen LogP contribution in [0.15, 0.2) is 42.5 Å². The van der Waals surface area contributed by atoms with Gasteiger partial charge in [0.25, 0.3) is 0 Å². The van der Waals surface area contributed by atoms with Crippen molar-refractivity contribution in [3.8, 4) is 17.2 Å². The first kappa shape index (κ1) is 22.0. The molecule has 1 aliphatic heterocycles. The molecule has 0 spiro atoms. The second-order valence-corrected chi connectivity index (χ2v) is 8.09. The third kappa shape index (κ3) is 4.50. The van der Waals surface area contributed by atoms with E-state index in [0.717, 1.165) is 23.4 Å². The minimum Gasteiger partial charge on any atom is -0.497 e. The minimum atomic E-state index is -0.499. The maximum absolute atomic E-state index is 12.8. The molecule has 2 aromatic carbocycles.